The molecule has 0 aliphatic carbocycles. The van der Waals surface area contributed by atoms with Gasteiger partial charge >= 0.3 is 0 Å². The molecular formula is C22H25BrFN3O3. The summed E-state index contributed by atoms with van der Waals surface area (Å²) in [6, 6.07) is 14.4. The highest BCUT2D eigenvalue weighted by Crippen LogP contribution is 2.18. The van der Waals surface area contributed by atoms with Crippen molar-refractivity contribution in [1.82, 2.24) is 10.6 Å². The Morgan fingerprint density at radius 2 is 1.60 bits per heavy atom. The molecular weight excluding hydrogens is 453 g/mol. The molecule has 8 heteroatoms. The van der Waals surface area contributed by atoms with Gasteiger partial charge < -0.3 is 20.2 Å². The van der Waals surface area contributed by atoms with Crippen molar-refractivity contribution in [3.63, 3.8) is 0 Å². The Bertz CT molecular complexity index is 854. The number of carbonyl (C=O) groups is 2. The van der Waals surface area contributed by atoms with Gasteiger partial charge in [0.2, 0.25) is 5.90 Å². The van der Waals surface area contributed by atoms with Gasteiger partial charge in [-0.3, -0.25) is 10.2 Å². The predicted molar refractivity (Wildman–Crippen MR) is 121 cm³/mol. The third kappa shape index (κ3) is 9.29. The standard InChI is InChI=1S/C19H17BrFN3O2.C2H6.CH2O/c1-23-11-16(20)19(25)24-12-17(13-5-3-2-4-6-13)26-18(22)14-7-9-15(21)10-8-14;2*1-2/h2-12,22-23H,1H3,(H,24,25);1-2H3;1H2/b16-11+,17-12+,22-18?;;. The first-order valence-electron chi connectivity index (χ1n) is 8.92. The Morgan fingerprint density at radius 1 is 1.03 bits per heavy atom. The van der Waals surface area contributed by atoms with Crippen LogP contribution in [0.25, 0.3) is 5.76 Å². The van der Waals surface area contributed by atoms with Gasteiger partial charge in [0.1, 0.15) is 12.6 Å². The van der Waals surface area contributed by atoms with E-state index in [1.54, 1.807) is 19.2 Å². The Kier molecular flexibility index (Phi) is 13.9. The Labute approximate surface area is 184 Å². The van der Waals surface area contributed by atoms with Crippen molar-refractivity contribution in [3.05, 3.63) is 88.4 Å². The summed E-state index contributed by atoms with van der Waals surface area (Å²) in [6.45, 7) is 6.00. The SMILES string of the molecule is C=O.CC.CN/C=C(/Br)C(=O)N/C=C(/OC(=N)c1ccc(F)cc1)c1ccccc1. The van der Waals surface area contributed by atoms with Gasteiger partial charge in [-0.1, -0.05) is 44.2 Å². The van der Waals surface area contributed by atoms with Gasteiger partial charge in [-0.15, -0.1) is 0 Å². The number of hydrogen-bond donors (Lipinski definition) is 3. The third-order valence-corrected chi connectivity index (χ3v) is 3.79. The van der Waals surface area contributed by atoms with E-state index in [0.29, 0.717) is 15.6 Å². The Morgan fingerprint density at radius 3 is 2.13 bits per heavy atom. The minimum Gasteiger partial charge on any atom is -0.437 e. The van der Waals surface area contributed by atoms with Crippen LogP contribution in [0.2, 0.25) is 0 Å². The average Bonchev–Trinajstić information content (AvgIpc) is 2.80. The van der Waals surface area contributed by atoms with E-state index in [0.717, 1.165) is 0 Å². The summed E-state index contributed by atoms with van der Waals surface area (Å²) >= 11 is 3.14. The topological polar surface area (TPSA) is 91.3 Å². The lowest BCUT2D eigenvalue weighted by atomic mass is 10.2. The highest BCUT2D eigenvalue weighted by atomic mass is 79.9. The van der Waals surface area contributed by atoms with Gasteiger partial charge in [0.15, 0.2) is 5.76 Å². The molecule has 0 heterocycles. The minimum atomic E-state index is -0.395. The second-order valence-corrected chi connectivity index (χ2v) is 5.92. The van der Waals surface area contributed by atoms with Crippen molar-refractivity contribution in [1.29, 1.82) is 5.41 Å². The lowest BCUT2D eigenvalue weighted by Gasteiger charge is -2.12. The van der Waals surface area contributed by atoms with Crippen molar-refractivity contribution >= 4 is 40.3 Å². The molecule has 160 valence electrons. The zero-order chi connectivity index (χ0) is 22.9. The molecule has 0 atom stereocenters. The summed E-state index contributed by atoms with van der Waals surface area (Å²) in [5.41, 5.74) is 1.09. The largest absolute Gasteiger partial charge is 0.437 e. The predicted octanol–water partition coefficient (Wildman–Crippen LogP) is 4.58. The molecule has 0 aliphatic rings. The van der Waals surface area contributed by atoms with Gasteiger partial charge in [-0.05, 0) is 40.2 Å². The van der Waals surface area contributed by atoms with Crippen LogP contribution in [-0.2, 0) is 14.3 Å². The molecule has 0 bridgehead atoms. The summed E-state index contributed by atoms with van der Waals surface area (Å²) in [5, 5.41) is 13.4. The van der Waals surface area contributed by atoms with E-state index < -0.39 is 5.82 Å². The fraction of sp³-hybridized carbons (Fsp3) is 0.136. The highest BCUT2D eigenvalue weighted by Gasteiger charge is 2.11. The molecule has 2 rings (SSSR count). The van der Waals surface area contributed by atoms with Crippen LogP contribution >= 0.6 is 15.9 Å². The summed E-state index contributed by atoms with van der Waals surface area (Å²) < 4.78 is 19.0. The molecule has 0 radical (unpaired) electrons. The van der Waals surface area contributed by atoms with Gasteiger partial charge in [0.05, 0.1) is 4.48 Å². The maximum atomic E-state index is 13.0. The zero-order valence-electron chi connectivity index (χ0n) is 17.0. The number of carbonyl (C=O) groups excluding carboxylic acids is 2. The average molecular weight is 478 g/mol. The second kappa shape index (κ2) is 15.6. The molecule has 3 N–H and O–H groups in total. The molecule has 0 aliphatic heterocycles. The lowest BCUT2D eigenvalue weighted by molar-refractivity contribution is -0.115. The first-order valence-corrected chi connectivity index (χ1v) is 9.71. The van der Waals surface area contributed by atoms with E-state index in [1.807, 2.05) is 38.8 Å². The molecule has 2 aromatic carbocycles. The summed E-state index contributed by atoms with van der Waals surface area (Å²) in [5.74, 6) is -0.671. The summed E-state index contributed by atoms with van der Waals surface area (Å²) in [4.78, 5) is 20.0. The normalized spacial score (nSPS) is 10.4. The molecule has 30 heavy (non-hydrogen) atoms. The van der Waals surface area contributed by atoms with E-state index in [4.69, 9.17) is 14.9 Å². The van der Waals surface area contributed by atoms with Crippen LogP contribution < -0.4 is 10.6 Å². The fourth-order valence-corrected chi connectivity index (χ4v) is 2.28. The minimum absolute atomic E-state index is 0.167. The van der Waals surface area contributed by atoms with E-state index in [2.05, 4.69) is 26.6 Å². The number of benzene rings is 2. The maximum absolute atomic E-state index is 13.0. The van der Waals surface area contributed by atoms with Crippen molar-refractivity contribution < 1.29 is 18.7 Å². The molecule has 0 aromatic heterocycles. The summed E-state index contributed by atoms with van der Waals surface area (Å²) in [7, 11) is 1.67. The van der Waals surface area contributed by atoms with Crippen LogP contribution in [0, 0.1) is 11.2 Å². The number of hydrogen-bond acceptors (Lipinski definition) is 5. The van der Waals surface area contributed by atoms with Crippen LogP contribution in [-0.4, -0.2) is 25.6 Å². The Hall–Kier alpha value is -3.26. The quantitative estimate of drug-likeness (QED) is 0.245. The van der Waals surface area contributed by atoms with Gasteiger partial charge in [0, 0.05) is 30.6 Å². The van der Waals surface area contributed by atoms with Crippen LogP contribution in [0.15, 0.2) is 71.5 Å². The van der Waals surface area contributed by atoms with E-state index in [1.165, 1.54) is 36.7 Å². The Balaban J connectivity index is 0.00000198. The zero-order valence-corrected chi connectivity index (χ0v) is 18.6. The molecule has 6 nitrogen and oxygen atoms in total. The maximum Gasteiger partial charge on any atom is 0.263 e. The van der Waals surface area contributed by atoms with E-state index in [9.17, 15) is 9.18 Å². The van der Waals surface area contributed by atoms with E-state index in [-0.39, 0.29) is 17.6 Å². The second-order valence-electron chi connectivity index (χ2n) is 5.07. The number of amides is 1. The molecule has 2 aromatic rings. The van der Waals surface area contributed by atoms with Crippen LogP contribution in [0.1, 0.15) is 25.0 Å². The fourth-order valence-electron chi connectivity index (χ4n) is 1.94. The van der Waals surface area contributed by atoms with Crippen molar-refractivity contribution in [2.24, 2.45) is 0 Å². The van der Waals surface area contributed by atoms with Crippen LogP contribution in [0.3, 0.4) is 0 Å². The van der Waals surface area contributed by atoms with Gasteiger partial charge in [-0.25, -0.2) is 4.39 Å². The number of ether oxygens (including phenoxy) is 1. The monoisotopic (exact) mass is 477 g/mol. The molecule has 0 saturated carbocycles. The number of halogens is 2. The third-order valence-electron chi connectivity index (χ3n) is 3.20. The van der Waals surface area contributed by atoms with Crippen LogP contribution in [0.5, 0.6) is 0 Å². The molecule has 1 amide bonds. The van der Waals surface area contributed by atoms with Crippen molar-refractivity contribution in [2.75, 3.05) is 7.05 Å². The van der Waals surface area contributed by atoms with Crippen molar-refractivity contribution in [3.8, 4) is 0 Å². The molecule has 0 fully saturated rings. The van der Waals surface area contributed by atoms with Gasteiger partial charge in [0.25, 0.3) is 5.91 Å². The number of rotatable bonds is 6. The summed E-state index contributed by atoms with van der Waals surface area (Å²) in [6.07, 6.45) is 2.87. The highest BCUT2D eigenvalue weighted by molar-refractivity contribution is 9.12. The first kappa shape index (κ1) is 26.7. The van der Waals surface area contributed by atoms with E-state index >= 15 is 0 Å². The molecule has 0 saturated heterocycles. The van der Waals surface area contributed by atoms with Crippen LogP contribution in [0.4, 0.5) is 4.39 Å². The molecule has 0 unspecified atom stereocenters. The smallest absolute Gasteiger partial charge is 0.263 e. The lowest BCUT2D eigenvalue weighted by Crippen LogP contribution is -2.19. The van der Waals surface area contributed by atoms with Gasteiger partial charge in [-0.2, -0.15) is 0 Å². The number of nitrogens with one attached hydrogen (secondary N) is 3. The van der Waals surface area contributed by atoms with Crippen molar-refractivity contribution in [2.45, 2.75) is 13.8 Å². The molecule has 0 spiro atoms. The first-order chi connectivity index (χ1) is 14.5.